The van der Waals surface area contributed by atoms with Crippen LogP contribution in [0.2, 0.25) is 5.02 Å². The van der Waals surface area contributed by atoms with Crippen molar-refractivity contribution in [1.82, 2.24) is 14.5 Å². The Balaban J connectivity index is 1.63. The van der Waals surface area contributed by atoms with E-state index in [1.54, 1.807) is 4.57 Å². The van der Waals surface area contributed by atoms with Gasteiger partial charge in [0.05, 0.1) is 16.6 Å². The summed E-state index contributed by atoms with van der Waals surface area (Å²) in [4.78, 5) is 22.4. The molecule has 0 aliphatic heterocycles. The van der Waals surface area contributed by atoms with Gasteiger partial charge in [0.1, 0.15) is 5.76 Å². The number of aryl methyl sites for hydroxylation is 1. The SMILES string of the molecule is CCCCn1c(SCc2nc(-c3ccc(Cl)cc3)oc2C)nc2ccccc2c1=O. The largest absolute Gasteiger partial charge is 0.441 e. The Kier molecular flexibility index (Phi) is 6.25. The number of hydrogen-bond acceptors (Lipinski definition) is 5. The van der Waals surface area contributed by atoms with Gasteiger partial charge in [-0.05, 0) is 49.7 Å². The third-order valence-electron chi connectivity index (χ3n) is 4.88. The smallest absolute Gasteiger partial charge is 0.262 e. The lowest BCUT2D eigenvalue weighted by molar-refractivity contribution is 0.540. The number of unbranched alkanes of at least 4 members (excludes halogenated alkanes) is 1. The second-order valence-electron chi connectivity index (χ2n) is 7.04. The van der Waals surface area contributed by atoms with Crippen molar-refractivity contribution < 1.29 is 4.42 Å². The summed E-state index contributed by atoms with van der Waals surface area (Å²) in [5.74, 6) is 1.89. The maximum absolute atomic E-state index is 13.0. The van der Waals surface area contributed by atoms with E-state index in [1.165, 1.54) is 11.8 Å². The van der Waals surface area contributed by atoms with Crippen LogP contribution in [0.25, 0.3) is 22.4 Å². The molecule has 0 saturated carbocycles. The summed E-state index contributed by atoms with van der Waals surface area (Å²) in [6, 6.07) is 14.9. The lowest BCUT2D eigenvalue weighted by Gasteiger charge is -2.12. The van der Waals surface area contributed by atoms with Crippen molar-refractivity contribution in [2.75, 3.05) is 0 Å². The standard InChI is InChI=1S/C23H22ClN3O2S/c1-3-4-13-27-22(28)18-7-5-6-8-19(18)26-23(27)30-14-20-15(2)29-21(25-20)16-9-11-17(24)12-10-16/h5-12H,3-4,13-14H2,1-2H3. The lowest BCUT2D eigenvalue weighted by Crippen LogP contribution is -2.23. The van der Waals surface area contributed by atoms with Gasteiger partial charge < -0.3 is 4.42 Å². The molecule has 0 aliphatic carbocycles. The summed E-state index contributed by atoms with van der Waals surface area (Å²) in [6.07, 6.45) is 1.94. The highest BCUT2D eigenvalue weighted by atomic mass is 35.5. The zero-order valence-electron chi connectivity index (χ0n) is 16.9. The molecular formula is C23H22ClN3O2S. The van der Waals surface area contributed by atoms with Crippen molar-refractivity contribution in [2.45, 2.75) is 44.1 Å². The third-order valence-corrected chi connectivity index (χ3v) is 6.12. The first-order valence-corrected chi connectivity index (χ1v) is 11.3. The molecule has 2 heterocycles. The van der Waals surface area contributed by atoms with E-state index >= 15 is 0 Å². The second-order valence-corrected chi connectivity index (χ2v) is 8.42. The first-order chi connectivity index (χ1) is 14.6. The van der Waals surface area contributed by atoms with E-state index in [0.29, 0.717) is 33.8 Å². The Labute approximate surface area is 184 Å². The van der Waals surface area contributed by atoms with E-state index in [1.807, 2.05) is 55.5 Å². The molecule has 7 heteroatoms. The van der Waals surface area contributed by atoms with Crippen molar-refractivity contribution in [3.05, 3.63) is 75.4 Å². The van der Waals surface area contributed by atoms with Crippen LogP contribution in [0.4, 0.5) is 0 Å². The summed E-state index contributed by atoms with van der Waals surface area (Å²) in [5, 5.41) is 2.04. The minimum absolute atomic E-state index is 0.00952. The number of fused-ring (bicyclic) bond motifs is 1. The van der Waals surface area contributed by atoms with Crippen molar-refractivity contribution in [3.63, 3.8) is 0 Å². The number of nitrogens with zero attached hydrogens (tertiary/aromatic N) is 3. The zero-order chi connectivity index (χ0) is 21.1. The van der Waals surface area contributed by atoms with Gasteiger partial charge >= 0.3 is 0 Å². The van der Waals surface area contributed by atoms with Crippen molar-refractivity contribution in [3.8, 4) is 11.5 Å². The van der Waals surface area contributed by atoms with Crippen molar-refractivity contribution in [1.29, 1.82) is 0 Å². The van der Waals surface area contributed by atoms with Gasteiger partial charge in [-0.1, -0.05) is 48.8 Å². The molecule has 4 aromatic rings. The quantitative estimate of drug-likeness (QED) is 0.257. The van der Waals surface area contributed by atoms with Gasteiger partial charge in [0.15, 0.2) is 5.16 Å². The summed E-state index contributed by atoms with van der Waals surface area (Å²) < 4.78 is 7.65. The van der Waals surface area contributed by atoms with Crippen LogP contribution in [-0.2, 0) is 12.3 Å². The number of hydrogen-bond donors (Lipinski definition) is 0. The van der Waals surface area contributed by atoms with Crippen LogP contribution in [0.5, 0.6) is 0 Å². The van der Waals surface area contributed by atoms with Gasteiger partial charge in [0, 0.05) is 22.9 Å². The predicted octanol–water partition coefficient (Wildman–Crippen LogP) is 6.11. The van der Waals surface area contributed by atoms with Crippen LogP contribution in [0, 0.1) is 6.92 Å². The Morgan fingerprint density at radius 1 is 1.10 bits per heavy atom. The Bertz CT molecular complexity index is 1230. The highest BCUT2D eigenvalue weighted by molar-refractivity contribution is 7.98. The van der Waals surface area contributed by atoms with E-state index in [2.05, 4.69) is 11.9 Å². The number of halogens is 1. The molecule has 0 unspecified atom stereocenters. The van der Waals surface area contributed by atoms with Crippen LogP contribution in [-0.4, -0.2) is 14.5 Å². The molecule has 2 aromatic carbocycles. The van der Waals surface area contributed by atoms with Crippen molar-refractivity contribution in [2.24, 2.45) is 0 Å². The van der Waals surface area contributed by atoms with Gasteiger partial charge in [0.2, 0.25) is 5.89 Å². The zero-order valence-corrected chi connectivity index (χ0v) is 18.5. The molecule has 5 nitrogen and oxygen atoms in total. The monoisotopic (exact) mass is 439 g/mol. The number of oxazole rings is 1. The molecule has 30 heavy (non-hydrogen) atoms. The molecule has 154 valence electrons. The lowest BCUT2D eigenvalue weighted by atomic mass is 10.2. The van der Waals surface area contributed by atoms with Crippen LogP contribution in [0.3, 0.4) is 0 Å². The third kappa shape index (κ3) is 4.30. The summed E-state index contributed by atoms with van der Waals surface area (Å²) >= 11 is 7.48. The topological polar surface area (TPSA) is 60.9 Å². The second kappa shape index (κ2) is 9.06. The molecule has 0 aliphatic rings. The molecule has 0 spiro atoms. The summed E-state index contributed by atoms with van der Waals surface area (Å²) in [7, 11) is 0. The Hall–Kier alpha value is -2.57. The maximum Gasteiger partial charge on any atom is 0.262 e. The number of benzene rings is 2. The van der Waals surface area contributed by atoms with Crippen molar-refractivity contribution >= 4 is 34.3 Å². The fourth-order valence-electron chi connectivity index (χ4n) is 3.18. The summed E-state index contributed by atoms with van der Waals surface area (Å²) in [6.45, 7) is 4.67. The molecule has 0 saturated heterocycles. The molecular weight excluding hydrogens is 418 g/mol. The normalized spacial score (nSPS) is 11.3. The summed E-state index contributed by atoms with van der Waals surface area (Å²) in [5.41, 5.74) is 2.45. The number of thioether (sulfide) groups is 1. The van der Waals surface area contributed by atoms with E-state index in [-0.39, 0.29) is 5.56 Å². The maximum atomic E-state index is 13.0. The van der Waals surface area contributed by atoms with Gasteiger partial charge in [-0.15, -0.1) is 0 Å². The average Bonchev–Trinajstić information content (AvgIpc) is 3.13. The molecule has 2 aromatic heterocycles. The van der Waals surface area contributed by atoms with Crippen LogP contribution in [0.15, 0.2) is 62.9 Å². The number of aromatic nitrogens is 3. The highest BCUT2D eigenvalue weighted by Gasteiger charge is 2.15. The predicted molar refractivity (Wildman–Crippen MR) is 122 cm³/mol. The minimum Gasteiger partial charge on any atom is -0.441 e. The molecule has 0 fully saturated rings. The molecule has 4 rings (SSSR count). The number of rotatable bonds is 7. The van der Waals surface area contributed by atoms with Crippen LogP contribution >= 0.6 is 23.4 Å². The first kappa shape index (κ1) is 20.7. The number of para-hydroxylation sites is 1. The molecule has 0 atom stereocenters. The van der Waals surface area contributed by atoms with E-state index in [0.717, 1.165) is 35.4 Å². The van der Waals surface area contributed by atoms with Gasteiger partial charge in [-0.3, -0.25) is 9.36 Å². The molecule has 0 bridgehead atoms. The highest BCUT2D eigenvalue weighted by Crippen LogP contribution is 2.28. The first-order valence-electron chi connectivity index (χ1n) is 9.91. The minimum atomic E-state index is 0.00952. The fraction of sp³-hybridized carbons (Fsp3) is 0.261. The van der Waals surface area contributed by atoms with Gasteiger partial charge in [0.25, 0.3) is 5.56 Å². The van der Waals surface area contributed by atoms with Gasteiger partial charge in [-0.25, -0.2) is 9.97 Å². The van der Waals surface area contributed by atoms with Crippen LogP contribution < -0.4 is 5.56 Å². The average molecular weight is 440 g/mol. The van der Waals surface area contributed by atoms with E-state index < -0.39 is 0 Å². The van der Waals surface area contributed by atoms with E-state index in [9.17, 15) is 4.79 Å². The van der Waals surface area contributed by atoms with E-state index in [4.69, 9.17) is 21.0 Å². The van der Waals surface area contributed by atoms with Gasteiger partial charge in [-0.2, -0.15) is 0 Å². The molecule has 0 N–H and O–H groups in total. The fourth-order valence-corrected chi connectivity index (χ4v) is 4.33. The molecule has 0 radical (unpaired) electrons. The van der Waals surface area contributed by atoms with Crippen LogP contribution in [0.1, 0.15) is 31.2 Å². The molecule has 0 amide bonds. The Morgan fingerprint density at radius 3 is 2.63 bits per heavy atom. The Morgan fingerprint density at radius 2 is 1.87 bits per heavy atom.